The van der Waals surface area contributed by atoms with E-state index in [9.17, 15) is 18.0 Å². The highest BCUT2D eigenvalue weighted by atomic mass is 19.4. The largest absolute Gasteiger partial charge is 0.410 e. The van der Waals surface area contributed by atoms with Crippen molar-refractivity contribution in [1.82, 2.24) is 14.2 Å². The molecule has 98 valence electrons. The summed E-state index contributed by atoms with van der Waals surface area (Å²) in [5.41, 5.74) is 5.00. The Balaban J connectivity index is 2.65. The summed E-state index contributed by atoms with van der Waals surface area (Å²) in [5.74, 6) is 0. The van der Waals surface area contributed by atoms with Gasteiger partial charge in [0.25, 0.3) is 5.56 Å². The maximum Gasteiger partial charge on any atom is 0.410 e. The smallest absolute Gasteiger partial charge is 0.328 e. The van der Waals surface area contributed by atoms with Gasteiger partial charge in [-0.05, 0) is 13.0 Å². The van der Waals surface area contributed by atoms with E-state index in [0.29, 0.717) is 10.3 Å². The van der Waals surface area contributed by atoms with E-state index in [1.54, 1.807) is 6.92 Å². The van der Waals surface area contributed by atoms with E-state index in [0.717, 1.165) is 6.20 Å². The molecule has 0 aliphatic heterocycles. The van der Waals surface area contributed by atoms with Gasteiger partial charge in [-0.15, -0.1) is 0 Å². The first kappa shape index (κ1) is 12.6. The summed E-state index contributed by atoms with van der Waals surface area (Å²) < 4.78 is 40.0. The minimum Gasteiger partial charge on any atom is -0.328 e. The average molecular weight is 260 g/mol. The van der Waals surface area contributed by atoms with Crippen molar-refractivity contribution in [2.24, 2.45) is 5.73 Å². The van der Waals surface area contributed by atoms with Gasteiger partial charge in [-0.3, -0.25) is 9.36 Å². The monoisotopic (exact) mass is 260 g/mol. The van der Waals surface area contributed by atoms with Crippen molar-refractivity contribution in [3.8, 4) is 0 Å². The summed E-state index contributed by atoms with van der Waals surface area (Å²) in [6.07, 6.45) is -2.21. The molecule has 8 heteroatoms. The van der Waals surface area contributed by atoms with E-state index in [-0.39, 0.29) is 5.52 Å². The van der Waals surface area contributed by atoms with Crippen molar-refractivity contribution in [3.05, 3.63) is 34.5 Å². The number of alkyl halides is 3. The van der Waals surface area contributed by atoms with Crippen LogP contribution in [0.2, 0.25) is 0 Å². The van der Waals surface area contributed by atoms with Crippen LogP contribution in [0.5, 0.6) is 0 Å². The maximum absolute atomic E-state index is 12.7. The van der Waals surface area contributed by atoms with Crippen molar-refractivity contribution in [2.45, 2.75) is 19.1 Å². The predicted molar refractivity (Wildman–Crippen MR) is 58.3 cm³/mol. The fourth-order valence-electron chi connectivity index (χ4n) is 1.78. The lowest BCUT2D eigenvalue weighted by Gasteiger charge is -2.20. The third-order valence-corrected chi connectivity index (χ3v) is 2.62. The van der Waals surface area contributed by atoms with Crippen LogP contribution in [0.25, 0.3) is 5.52 Å². The molecule has 0 radical (unpaired) electrons. The Kier molecular flexibility index (Phi) is 2.89. The van der Waals surface area contributed by atoms with Crippen LogP contribution in [0.3, 0.4) is 0 Å². The minimum atomic E-state index is -4.56. The van der Waals surface area contributed by atoms with E-state index in [4.69, 9.17) is 5.73 Å². The standard InChI is InChI=1S/C10H11F3N4O/c1-6-4-7-9(18)16(2-3-17(7)15-6)8(5-14)10(11,12)13/h2-4,8H,5,14H2,1H3. The van der Waals surface area contributed by atoms with Gasteiger partial charge in [0.15, 0.2) is 0 Å². The van der Waals surface area contributed by atoms with E-state index >= 15 is 0 Å². The lowest BCUT2D eigenvalue weighted by atomic mass is 10.2. The second-order valence-corrected chi connectivity index (χ2v) is 3.92. The van der Waals surface area contributed by atoms with Gasteiger partial charge in [0.05, 0.1) is 5.69 Å². The Bertz CT molecular complexity index is 628. The van der Waals surface area contributed by atoms with E-state index in [2.05, 4.69) is 5.10 Å². The van der Waals surface area contributed by atoms with Crippen LogP contribution in [0.4, 0.5) is 13.2 Å². The number of halogens is 3. The Labute approximate surface area is 99.6 Å². The number of aromatic nitrogens is 3. The average Bonchev–Trinajstić information content (AvgIpc) is 2.62. The fourth-order valence-corrected chi connectivity index (χ4v) is 1.78. The fraction of sp³-hybridized carbons (Fsp3) is 0.400. The number of nitrogens with zero attached hydrogens (tertiary/aromatic N) is 3. The van der Waals surface area contributed by atoms with Crippen LogP contribution >= 0.6 is 0 Å². The SMILES string of the molecule is Cc1cc2c(=O)n(C(CN)C(F)(F)F)ccn2n1. The third-order valence-electron chi connectivity index (χ3n) is 2.62. The molecule has 1 atom stereocenters. The number of fused-ring (bicyclic) bond motifs is 1. The molecule has 0 fully saturated rings. The minimum absolute atomic E-state index is 0.0951. The summed E-state index contributed by atoms with van der Waals surface area (Å²) >= 11 is 0. The molecule has 0 aliphatic rings. The topological polar surface area (TPSA) is 65.3 Å². The normalized spacial score (nSPS) is 14.1. The highest BCUT2D eigenvalue weighted by Gasteiger charge is 2.40. The second kappa shape index (κ2) is 4.13. The summed E-state index contributed by atoms with van der Waals surface area (Å²) in [6, 6.07) is -0.590. The van der Waals surface area contributed by atoms with Gasteiger partial charge < -0.3 is 5.73 Å². The lowest BCUT2D eigenvalue weighted by Crippen LogP contribution is -2.39. The van der Waals surface area contributed by atoms with E-state index in [1.165, 1.54) is 16.8 Å². The summed E-state index contributed by atoms with van der Waals surface area (Å²) in [6.45, 7) is 0.966. The lowest BCUT2D eigenvalue weighted by molar-refractivity contribution is -0.165. The summed E-state index contributed by atoms with van der Waals surface area (Å²) in [5, 5.41) is 3.95. The molecule has 0 saturated heterocycles. The van der Waals surface area contributed by atoms with Crippen LogP contribution in [0.15, 0.2) is 23.3 Å². The first-order valence-corrected chi connectivity index (χ1v) is 5.18. The summed E-state index contributed by atoms with van der Waals surface area (Å²) in [4.78, 5) is 11.9. The zero-order chi connectivity index (χ0) is 13.5. The molecule has 2 heterocycles. The Hall–Kier alpha value is -1.83. The van der Waals surface area contributed by atoms with E-state index in [1.807, 2.05) is 0 Å². The van der Waals surface area contributed by atoms with Gasteiger partial charge in [0.1, 0.15) is 11.6 Å². The first-order valence-electron chi connectivity index (χ1n) is 5.18. The highest BCUT2D eigenvalue weighted by Crippen LogP contribution is 2.28. The second-order valence-electron chi connectivity index (χ2n) is 3.92. The number of nitrogens with two attached hydrogens (primary N) is 1. The quantitative estimate of drug-likeness (QED) is 0.871. The van der Waals surface area contributed by atoms with Gasteiger partial charge in [-0.25, -0.2) is 4.52 Å². The highest BCUT2D eigenvalue weighted by molar-refractivity contribution is 5.45. The van der Waals surface area contributed by atoms with Crippen LogP contribution in [0.1, 0.15) is 11.7 Å². The molecule has 2 N–H and O–H groups in total. The third kappa shape index (κ3) is 1.99. The van der Waals surface area contributed by atoms with Gasteiger partial charge in [-0.2, -0.15) is 18.3 Å². The van der Waals surface area contributed by atoms with Crippen LogP contribution in [-0.2, 0) is 0 Å². The van der Waals surface area contributed by atoms with Crippen molar-refractivity contribution in [1.29, 1.82) is 0 Å². The first-order chi connectivity index (χ1) is 8.34. The number of aryl methyl sites for hydroxylation is 1. The summed E-state index contributed by atoms with van der Waals surface area (Å²) in [7, 11) is 0. The molecule has 0 aliphatic carbocycles. The molecular weight excluding hydrogens is 249 g/mol. The Morgan fingerprint density at radius 3 is 2.67 bits per heavy atom. The molecule has 18 heavy (non-hydrogen) atoms. The number of hydrogen-bond donors (Lipinski definition) is 1. The van der Waals surface area contributed by atoms with Crippen molar-refractivity contribution in [2.75, 3.05) is 6.54 Å². The predicted octanol–water partition coefficient (Wildman–Crippen LogP) is 0.867. The van der Waals surface area contributed by atoms with E-state index < -0.39 is 24.3 Å². The van der Waals surface area contributed by atoms with Crippen molar-refractivity contribution in [3.63, 3.8) is 0 Å². The molecule has 2 aromatic rings. The number of rotatable bonds is 2. The molecule has 5 nitrogen and oxygen atoms in total. The zero-order valence-corrected chi connectivity index (χ0v) is 9.48. The molecule has 0 saturated carbocycles. The van der Waals surface area contributed by atoms with Crippen molar-refractivity contribution >= 4 is 5.52 Å². The molecule has 1 unspecified atom stereocenters. The zero-order valence-electron chi connectivity index (χ0n) is 9.48. The molecule has 0 amide bonds. The van der Waals surface area contributed by atoms with Crippen molar-refractivity contribution < 1.29 is 13.2 Å². The van der Waals surface area contributed by atoms with Gasteiger partial charge in [-0.1, -0.05) is 0 Å². The van der Waals surface area contributed by atoms with Crippen LogP contribution in [0, 0.1) is 6.92 Å². The molecule has 2 rings (SSSR count). The molecule has 0 bridgehead atoms. The molecule has 0 spiro atoms. The molecular formula is C10H11F3N4O. The van der Waals surface area contributed by atoms with Crippen LogP contribution in [-0.4, -0.2) is 26.9 Å². The molecule has 2 aromatic heterocycles. The van der Waals surface area contributed by atoms with Gasteiger partial charge >= 0.3 is 6.18 Å². The Morgan fingerprint density at radius 2 is 2.11 bits per heavy atom. The maximum atomic E-state index is 12.7. The van der Waals surface area contributed by atoms with Gasteiger partial charge in [0.2, 0.25) is 0 Å². The van der Waals surface area contributed by atoms with Gasteiger partial charge in [0, 0.05) is 18.9 Å². The Morgan fingerprint density at radius 1 is 1.44 bits per heavy atom. The number of hydrogen-bond acceptors (Lipinski definition) is 3. The van der Waals surface area contributed by atoms with Crippen LogP contribution < -0.4 is 11.3 Å². The molecule has 0 aromatic carbocycles.